The first kappa shape index (κ1) is 10.4. The highest BCUT2D eigenvalue weighted by Crippen LogP contribution is 2.27. The van der Waals surface area contributed by atoms with Crippen LogP contribution in [-0.2, 0) is 4.74 Å². The number of hydrogen-bond donors (Lipinski definition) is 3. The first-order valence-corrected chi connectivity index (χ1v) is 5.09. The van der Waals surface area contributed by atoms with Gasteiger partial charge in [-0.25, -0.2) is 15.0 Å². The Morgan fingerprint density at radius 3 is 2.88 bits per heavy atom. The molecular weight excluding hydrogens is 226 g/mol. The smallest absolute Gasteiger partial charge is 0.167 e. The van der Waals surface area contributed by atoms with E-state index in [1.807, 2.05) is 0 Å². The fourth-order valence-electron chi connectivity index (χ4n) is 1.89. The maximum Gasteiger partial charge on any atom is 0.167 e. The van der Waals surface area contributed by atoms with Crippen LogP contribution in [0.5, 0.6) is 0 Å². The van der Waals surface area contributed by atoms with E-state index in [9.17, 15) is 10.2 Å². The topological polar surface area (TPSA) is 119 Å². The maximum absolute atomic E-state index is 9.76. The second-order valence-electron chi connectivity index (χ2n) is 3.86. The summed E-state index contributed by atoms with van der Waals surface area (Å²) in [5.41, 5.74) is 6.57. The van der Waals surface area contributed by atoms with Gasteiger partial charge in [-0.1, -0.05) is 0 Å². The highest BCUT2D eigenvalue weighted by Gasteiger charge is 2.36. The lowest BCUT2D eigenvalue weighted by molar-refractivity contribution is -0.0162. The predicted octanol–water partition coefficient (Wildman–Crippen LogP) is -1.34. The van der Waals surface area contributed by atoms with Crippen molar-refractivity contribution in [3.63, 3.8) is 0 Å². The number of aliphatic hydroxyl groups is 2. The van der Waals surface area contributed by atoms with Crippen LogP contribution >= 0.6 is 0 Å². The van der Waals surface area contributed by atoms with Gasteiger partial charge in [0.15, 0.2) is 17.7 Å². The molecule has 0 unspecified atom stereocenters. The summed E-state index contributed by atoms with van der Waals surface area (Å²) >= 11 is 0. The quantitative estimate of drug-likeness (QED) is 0.561. The largest absolute Gasteiger partial charge is 0.388 e. The number of hydrogen-bond acceptors (Lipinski definition) is 7. The van der Waals surface area contributed by atoms with Gasteiger partial charge in [-0.05, 0) is 0 Å². The molecule has 0 amide bonds. The highest BCUT2D eigenvalue weighted by atomic mass is 16.5. The van der Waals surface area contributed by atoms with Gasteiger partial charge in [-0.2, -0.15) is 0 Å². The van der Waals surface area contributed by atoms with Crippen molar-refractivity contribution in [2.75, 3.05) is 12.3 Å². The molecule has 8 heteroatoms. The molecule has 2 aromatic heterocycles. The lowest BCUT2D eigenvalue weighted by Crippen LogP contribution is -2.28. The Bertz CT molecular complexity index is 557. The molecule has 90 valence electrons. The number of ether oxygens (including phenoxy) is 1. The molecule has 8 nitrogen and oxygen atoms in total. The number of rotatable bonds is 1. The van der Waals surface area contributed by atoms with Crippen LogP contribution < -0.4 is 5.73 Å². The average molecular weight is 237 g/mol. The molecule has 3 heterocycles. The van der Waals surface area contributed by atoms with E-state index in [1.165, 1.54) is 17.2 Å². The number of imidazole rings is 1. The highest BCUT2D eigenvalue weighted by molar-refractivity contribution is 5.81. The predicted molar refractivity (Wildman–Crippen MR) is 56.7 cm³/mol. The second-order valence-corrected chi connectivity index (χ2v) is 3.86. The number of aliphatic hydroxyl groups excluding tert-OH is 2. The van der Waals surface area contributed by atoms with Crippen LogP contribution in [0.4, 0.5) is 5.82 Å². The van der Waals surface area contributed by atoms with Crippen molar-refractivity contribution in [1.82, 2.24) is 19.5 Å². The zero-order chi connectivity index (χ0) is 12.0. The Balaban J connectivity index is 2.10. The molecule has 0 aliphatic carbocycles. The van der Waals surface area contributed by atoms with Crippen molar-refractivity contribution in [2.45, 2.75) is 18.4 Å². The average Bonchev–Trinajstić information content (AvgIpc) is 2.86. The minimum atomic E-state index is -1.01. The van der Waals surface area contributed by atoms with Gasteiger partial charge < -0.3 is 20.7 Å². The molecule has 0 bridgehead atoms. The third kappa shape index (κ3) is 1.46. The second kappa shape index (κ2) is 3.62. The standard InChI is InChI=1S/C9H11N5O3/c10-7-5-8(12-2-11-7)14(3-13-5)9-6(16)4(15)1-17-9/h2-4,6,9,15-16H,1H2,(H2,10,11,12)/t4-,6+,9+/m1/s1. The van der Waals surface area contributed by atoms with Crippen molar-refractivity contribution in [3.05, 3.63) is 12.7 Å². The van der Waals surface area contributed by atoms with E-state index in [0.717, 1.165) is 0 Å². The molecule has 3 rings (SSSR count). The van der Waals surface area contributed by atoms with Gasteiger partial charge in [0, 0.05) is 0 Å². The van der Waals surface area contributed by atoms with Crippen molar-refractivity contribution >= 4 is 17.0 Å². The molecule has 2 aromatic rings. The minimum absolute atomic E-state index is 0.0755. The van der Waals surface area contributed by atoms with Crippen molar-refractivity contribution in [1.29, 1.82) is 0 Å². The monoisotopic (exact) mass is 237 g/mol. The summed E-state index contributed by atoms with van der Waals surface area (Å²) in [6.07, 6.45) is 0.152. The molecule has 3 atom stereocenters. The van der Waals surface area contributed by atoms with E-state index in [4.69, 9.17) is 10.5 Å². The van der Waals surface area contributed by atoms with Gasteiger partial charge >= 0.3 is 0 Å². The first-order valence-electron chi connectivity index (χ1n) is 5.09. The van der Waals surface area contributed by atoms with Crippen LogP contribution in [0.1, 0.15) is 6.23 Å². The van der Waals surface area contributed by atoms with E-state index in [2.05, 4.69) is 15.0 Å². The van der Waals surface area contributed by atoms with Gasteiger partial charge in [0.05, 0.1) is 12.9 Å². The Morgan fingerprint density at radius 2 is 2.18 bits per heavy atom. The van der Waals surface area contributed by atoms with E-state index < -0.39 is 18.4 Å². The minimum Gasteiger partial charge on any atom is -0.388 e. The van der Waals surface area contributed by atoms with Crippen molar-refractivity contribution in [3.8, 4) is 0 Å². The molecule has 1 aliphatic rings. The summed E-state index contributed by atoms with van der Waals surface area (Å²) in [5, 5.41) is 19.2. The molecule has 4 N–H and O–H groups in total. The molecule has 0 aromatic carbocycles. The lowest BCUT2D eigenvalue weighted by atomic mass is 10.2. The number of anilines is 1. The first-order chi connectivity index (χ1) is 8.18. The summed E-state index contributed by atoms with van der Waals surface area (Å²) in [4.78, 5) is 11.9. The Kier molecular flexibility index (Phi) is 2.21. The summed E-state index contributed by atoms with van der Waals surface area (Å²) in [5.74, 6) is 0.266. The van der Waals surface area contributed by atoms with Crippen LogP contribution in [0.25, 0.3) is 11.2 Å². The molecule has 1 aliphatic heterocycles. The maximum atomic E-state index is 9.76. The number of aromatic nitrogens is 4. The number of fused-ring (bicyclic) bond motifs is 1. The zero-order valence-electron chi connectivity index (χ0n) is 8.76. The third-order valence-electron chi connectivity index (χ3n) is 2.79. The van der Waals surface area contributed by atoms with Crippen molar-refractivity contribution < 1.29 is 14.9 Å². The molecule has 1 fully saturated rings. The number of nitrogen functional groups attached to an aromatic ring is 1. The number of nitrogens with two attached hydrogens (primary N) is 1. The van der Waals surface area contributed by atoms with E-state index >= 15 is 0 Å². The Morgan fingerprint density at radius 1 is 1.35 bits per heavy atom. The summed E-state index contributed by atoms with van der Waals surface area (Å²) in [7, 11) is 0. The van der Waals surface area contributed by atoms with Crippen LogP contribution in [0.3, 0.4) is 0 Å². The SMILES string of the molecule is Nc1ncnc2c1ncn2[C@H]1OC[C@@H](O)[C@@H]1O. The van der Waals surface area contributed by atoms with Crippen LogP contribution in [-0.4, -0.2) is 48.5 Å². The fourth-order valence-corrected chi connectivity index (χ4v) is 1.89. The van der Waals surface area contributed by atoms with Gasteiger partial charge in [0.1, 0.15) is 24.1 Å². The van der Waals surface area contributed by atoms with Gasteiger partial charge in [0.25, 0.3) is 0 Å². The fraction of sp³-hybridized carbons (Fsp3) is 0.444. The summed E-state index contributed by atoms with van der Waals surface area (Å²) in [6.45, 7) is 0.0755. The van der Waals surface area contributed by atoms with Crippen LogP contribution in [0.15, 0.2) is 12.7 Å². The van der Waals surface area contributed by atoms with Gasteiger partial charge in [-0.3, -0.25) is 4.57 Å². The van der Waals surface area contributed by atoms with Crippen LogP contribution in [0, 0.1) is 0 Å². The van der Waals surface area contributed by atoms with E-state index in [1.54, 1.807) is 0 Å². The summed E-state index contributed by atoms with van der Waals surface area (Å²) in [6, 6.07) is 0. The molecule has 1 saturated heterocycles. The lowest BCUT2D eigenvalue weighted by Gasteiger charge is -2.16. The normalized spacial score (nSPS) is 28.9. The molecular formula is C9H11N5O3. The molecule has 0 saturated carbocycles. The molecule has 17 heavy (non-hydrogen) atoms. The van der Waals surface area contributed by atoms with Crippen LogP contribution in [0.2, 0.25) is 0 Å². The van der Waals surface area contributed by atoms with Gasteiger partial charge in [0.2, 0.25) is 0 Å². The number of nitrogens with zero attached hydrogens (tertiary/aromatic N) is 4. The van der Waals surface area contributed by atoms with E-state index in [0.29, 0.717) is 11.2 Å². The Hall–Kier alpha value is -1.77. The van der Waals surface area contributed by atoms with Crippen molar-refractivity contribution in [2.24, 2.45) is 0 Å². The molecule has 0 spiro atoms. The zero-order valence-corrected chi connectivity index (χ0v) is 8.76. The Labute approximate surface area is 95.7 Å². The van der Waals surface area contributed by atoms with Gasteiger partial charge in [-0.15, -0.1) is 0 Å². The van der Waals surface area contributed by atoms with E-state index in [-0.39, 0.29) is 12.4 Å². The summed E-state index contributed by atoms with van der Waals surface area (Å²) < 4.78 is 6.83. The molecule has 0 radical (unpaired) electrons. The third-order valence-corrected chi connectivity index (χ3v) is 2.79.